The first-order valence-corrected chi connectivity index (χ1v) is 9.85. The number of rotatable bonds is 7. The van der Waals surface area contributed by atoms with Gasteiger partial charge in [-0.2, -0.15) is 0 Å². The van der Waals surface area contributed by atoms with Gasteiger partial charge in [-0.25, -0.2) is 4.79 Å². The van der Waals surface area contributed by atoms with Gasteiger partial charge in [0.25, 0.3) is 0 Å². The van der Waals surface area contributed by atoms with Crippen molar-refractivity contribution in [3.63, 3.8) is 0 Å². The highest BCUT2D eigenvalue weighted by molar-refractivity contribution is 6.30. The van der Waals surface area contributed by atoms with Gasteiger partial charge >= 0.3 is 6.03 Å². The summed E-state index contributed by atoms with van der Waals surface area (Å²) in [5.41, 5.74) is 1.49. The largest absolute Gasteiger partial charge is 0.494 e. The van der Waals surface area contributed by atoms with Crippen LogP contribution in [0.5, 0.6) is 5.75 Å². The van der Waals surface area contributed by atoms with Gasteiger partial charge in [0.1, 0.15) is 11.8 Å². The van der Waals surface area contributed by atoms with E-state index in [1.165, 1.54) is 0 Å². The molecule has 3 rings (SSSR count). The van der Waals surface area contributed by atoms with Gasteiger partial charge in [-0.15, -0.1) is 0 Å². The lowest BCUT2D eigenvalue weighted by Gasteiger charge is -2.19. The lowest BCUT2D eigenvalue weighted by atomic mass is 9.94. The molecule has 3 N–H and O–H groups in total. The summed E-state index contributed by atoms with van der Waals surface area (Å²) in [5.74, 6) is 0.294. The van der Waals surface area contributed by atoms with Gasteiger partial charge in [0.15, 0.2) is 0 Å². The Labute approximate surface area is 174 Å². The van der Waals surface area contributed by atoms with Crippen molar-refractivity contribution in [2.75, 3.05) is 31.6 Å². The summed E-state index contributed by atoms with van der Waals surface area (Å²) >= 11 is 5.86. The highest BCUT2D eigenvalue weighted by Gasteiger charge is 2.41. The molecular weight excluding hydrogens is 394 g/mol. The molecule has 0 bridgehead atoms. The molecule has 0 saturated carbocycles. The van der Waals surface area contributed by atoms with E-state index in [9.17, 15) is 14.7 Å². The van der Waals surface area contributed by atoms with E-state index in [1.54, 1.807) is 29.2 Å². The van der Waals surface area contributed by atoms with Crippen LogP contribution in [0.1, 0.15) is 18.4 Å². The molecule has 1 aliphatic heterocycles. The molecule has 2 atom stereocenters. The smallest absolute Gasteiger partial charge is 0.319 e. The van der Waals surface area contributed by atoms with Crippen molar-refractivity contribution in [2.45, 2.75) is 18.9 Å². The van der Waals surface area contributed by atoms with Crippen molar-refractivity contribution >= 4 is 29.2 Å². The van der Waals surface area contributed by atoms with Crippen molar-refractivity contribution in [3.05, 3.63) is 59.1 Å². The van der Waals surface area contributed by atoms with Crippen LogP contribution < -0.4 is 15.4 Å². The molecule has 2 aromatic rings. The van der Waals surface area contributed by atoms with Crippen LogP contribution in [-0.2, 0) is 4.79 Å². The number of ether oxygens (including phenoxy) is 1. The zero-order chi connectivity index (χ0) is 20.8. The van der Waals surface area contributed by atoms with Crippen LogP contribution in [0, 0.1) is 0 Å². The number of anilines is 1. The Morgan fingerprint density at radius 3 is 2.52 bits per heavy atom. The summed E-state index contributed by atoms with van der Waals surface area (Å²) in [6, 6.07) is 13.0. The maximum atomic E-state index is 12.8. The number of urea groups is 1. The van der Waals surface area contributed by atoms with Crippen LogP contribution in [0.25, 0.3) is 0 Å². The van der Waals surface area contributed by atoms with E-state index in [-0.39, 0.29) is 25.0 Å². The van der Waals surface area contributed by atoms with E-state index < -0.39 is 12.1 Å². The van der Waals surface area contributed by atoms with Crippen molar-refractivity contribution in [1.82, 2.24) is 10.2 Å². The predicted molar refractivity (Wildman–Crippen MR) is 111 cm³/mol. The summed E-state index contributed by atoms with van der Waals surface area (Å²) < 4.78 is 5.47. The second kappa shape index (κ2) is 9.62. The molecule has 0 aliphatic carbocycles. The number of carbonyl (C=O) groups is 2. The van der Waals surface area contributed by atoms with Crippen LogP contribution in [0.4, 0.5) is 10.5 Å². The minimum absolute atomic E-state index is 0.134. The fourth-order valence-corrected chi connectivity index (χ4v) is 3.53. The highest BCUT2D eigenvalue weighted by Crippen LogP contribution is 2.30. The van der Waals surface area contributed by atoms with E-state index in [0.29, 0.717) is 23.9 Å². The number of amides is 3. The fourth-order valence-electron chi connectivity index (χ4n) is 3.40. The zero-order valence-electron chi connectivity index (χ0n) is 16.1. The zero-order valence-corrected chi connectivity index (χ0v) is 16.9. The maximum Gasteiger partial charge on any atom is 0.319 e. The molecule has 0 spiro atoms. The number of benzene rings is 2. The van der Waals surface area contributed by atoms with Crippen molar-refractivity contribution in [3.8, 4) is 5.75 Å². The fraction of sp³-hybridized carbons (Fsp3) is 0.333. The molecule has 1 heterocycles. The van der Waals surface area contributed by atoms with E-state index >= 15 is 0 Å². The molecule has 7 nitrogen and oxygen atoms in total. The maximum absolute atomic E-state index is 12.8. The number of hydrogen-bond acceptors (Lipinski definition) is 4. The number of halogens is 1. The second-order valence-electron chi connectivity index (χ2n) is 6.70. The van der Waals surface area contributed by atoms with Crippen LogP contribution in [0.3, 0.4) is 0 Å². The third-order valence-electron chi connectivity index (χ3n) is 4.78. The number of nitrogens with one attached hydrogen (secondary N) is 2. The van der Waals surface area contributed by atoms with E-state index in [0.717, 1.165) is 11.3 Å². The molecule has 0 aromatic heterocycles. The van der Waals surface area contributed by atoms with Gasteiger partial charge in [0.05, 0.1) is 13.2 Å². The first kappa shape index (κ1) is 21.0. The molecule has 0 unspecified atom stereocenters. The van der Waals surface area contributed by atoms with E-state index in [1.807, 2.05) is 31.2 Å². The summed E-state index contributed by atoms with van der Waals surface area (Å²) in [5, 5.41) is 15.3. The molecule has 1 fully saturated rings. The number of carbonyl (C=O) groups excluding carboxylic acids is 2. The van der Waals surface area contributed by atoms with Crippen molar-refractivity contribution in [1.29, 1.82) is 0 Å². The van der Waals surface area contributed by atoms with Crippen molar-refractivity contribution in [2.24, 2.45) is 0 Å². The summed E-state index contributed by atoms with van der Waals surface area (Å²) in [6.07, 6.45) is 0. The monoisotopic (exact) mass is 417 g/mol. The molecule has 0 radical (unpaired) electrons. The highest BCUT2D eigenvalue weighted by atomic mass is 35.5. The molecule has 2 aromatic carbocycles. The summed E-state index contributed by atoms with van der Waals surface area (Å²) in [6.45, 7) is 2.99. The lowest BCUT2D eigenvalue weighted by Crippen LogP contribution is -2.45. The quantitative estimate of drug-likeness (QED) is 0.646. The molecule has 8 heteroatoms. The number of aliphatic hydroxyl groups is 1. The van der Waals surface area contributed by atoms with Crippen LogP contribution in [0.2, 0.25) is 5.02 Å². The minimum Gasteiger partial charge on any atom is -0.494 e. The number of hydrogen-bond donors (Lipinski definition) is 3. The first-order valence-electron chi connectivity index (χ1n) is 9.47. The number of likely N-dealkylation sites (tertiary alicyclic amines) is 1. The Morgan fingerprint density at radius 2 is 1.90 bits per heavy atom. The average Bonchev–Trinajstić information content (AvgIpc) is 3.01. The molecule has 1 aliphatic rings. The Kier molecular flexibility index (Phi) is 6.95. The third kappa shape index (κ3) is 5.19. The Balaban J connectivity index is 1.75. The van der Waals surface area contributed by atoms with Crippen LogP contribution in [-0.4, -0.2) is 54.3 Å². The normalized spacial score (nSPS) is 18.6. The van der Waals surface area contributed by atoms with Gasteiger partial charge < -0.3 is 25.4 Å². The molecule has 3 amide bonds. The molecule has 1 saturated heterocycles. The Morgan fingerprint density at radius 1 is 1.21 bits per heavy atom. The average molecular weight is 418 g/mol. The lowest BCUT2D eigenvalue weighted by molar-refractivity contribution is -0.129. The third-order valence-corrected chi connectivity index (χ3v) is 5.03. The van der Waals surface area contributed by atoms with Gasteiger partial charge in [0, 0.05) is 29.7 Å². The minimum atomic E-state index is -0.730. The Bertz CT molecular complexity index is 842. The second-order valence-corrected chi connectivity index (χ2v) is 7.14. The topological polar surface area (TPSA) is 90.9 Å². The predicted octanol–water partition coefficient (Wildman–Crippen LogP) is 2.85. The first-order chi connectivity index (χ1) is 14.0. The standard InChI is InChI=1S/C21H24ClN3O4/c1-2-29-17-9-3-14(4-10-17)18-13-25(11-12-26)20(27)19(18)24-21(28)23-16-7-5-15(22)6-8-16/h3-10,18-19,26H,2,11-13H2,1H3,(H2,23,24,28)/t18-,19-/m1/s1. The van der Waals surface area contributed by atoms with Gasteiger partial charge in [0.2, 0.25) is 5.91 Å². The van der Waals surface area contributed by atoms with E-state index in [4.69, 9.17) is 16.3 Å². The Hall–Kier alpha value is -2.77. The number of aliphatic hydroxyl groups excluding tert-OH is 1. The van der Waals surface area contributed by atoms with E-state index in [2.05, 4.69) is 10.6 Å². The van der Waals surface area contributed by atoms with Crippen LogP contribution in [0.15, 0.2) is 48.5 Å². The number of nitrogens with zero attached hydrogens (tertiary/aromatic N) is 1. The molecule has 154 valence electrons. The summed E-state index contributed by atoms with van der Waals surface area (Å²) in [7, 11) is 0. The summed E-state index contributed by atoms with van der Waals surface area (Å²) in [4.78, 5) is 26.9. The SMILES string of the molecule is CCOc1ccc([C@H]2CN(CCO)C(=O)[C@@H]2NC(=O)Nc2ccc(Cl)cc2)cc1. The number of β-amino-alcohol motifs (C(OH)–C–C–N with tert-alkyl or cyclic N) is 1. The molecular formula is C21H24ClN3O4. The van der Waals surface area contributed by atoms with Gasteiger partial charge in [-0.3, -0.25) is 4.79 Å². The van der Waals surface area contributed by atoms with Crippen molar-refractivity contribution < 1.29 is 19.4 Å². The van der Waals surface area contributed by atoms with Gasteiger partial charge in [-0.1, -0.05) is 23.7 Å². The van der Waals surface area contributed by atoms with Crippen LogP contribution >= 0.6 is 11.6 Å². The molecule has 29 heavy (non-hydrogen) atoms. The van der Waals surface area contributed by atoms with Gasteiger partial charge in [-0.05, 0) is 48.9 Å².